The van der Waals surface area contributed by atoms with Crippen molar-refractivity contribution in [1.29, 1.82) is 0 Å². The van der Waals surface area contributed by atoms with Gasteiger partial charge in [0.2, 0.25) is 12.3 Å². The predicted octanol–water partition coefficient (Wildman–Crippen LogP) is 0.345. The Balaban J connectivity index is 2.20. The molecular formula is C17H19BF3N3O4. The third-order valence-electron chi connectivity index (χ3n) is 3.96. The molecule has 0 atom stereocenters. The number of benzene rings is 1. The Morgan fingerprint density at radius 3 is 2.68 bits per heavy atom. The Morgan fingerprint density at radius 1 is 1.43 bits per heavy atom. The fraction of sp³-hybridized carbons (Fsp3) is 0.471. The standard InChI is InChI=1S/C17H19BF3N3O4/c1-11-3-4-12(18)5-14(11)16(22-24(10-25)8-15(26)27-2)28-13-6-23(7-13)9-17(19,20)21/h3-5,10,13H,6-9H2,1-2H3/b22-16+. The van der Waals surface area contributed by atoms with E-state index in [-0.39, 0.29) is 19.0 Å². The first kappa shape index (κ1) is 21.7. The summed E-state index contributed by atoms with van der Waals surface area (Å²) in [7, 11) is 6.96. The van der Waals surface area contributed by atoms with E-state index in [1.54, 1.807) is 25.1 Å². The van der Waals surface area contributed by atoms with Gasteiger partial charge in [0.1, 0.15) is 20.5 Å². The highest BCUT2D eigenvalue weighted by molar-refractivity contribution is 6.32. The van der Waals surface area contributed by atoms with Crippen molar-refractivity contribution in [3.05, 3.63) is 29.3 Å². The minimum Gasteiger partial charge on any atom is -0.470 e. The smallest absolute Gasteiger partial charge is 0.401 e. The van der Waals surface area contributed by atoms with E-state index in [2.05, 4.69) is 9.84 Å². The molecule has 11 heteroatoms. The van der Waals surface area contributed by atoms with Crippen LogP contribution >= 0.6 is 0 Å². The van der Waals surface area contributed by atoms with Gasteiger partial charge < -0.3 is 9.47 Å². The molecule has 1 amide bonds. The monoisotopic (exact) mass is 397 g/mol. The molecule has 0 aromatic heterocycles. The summed E-state index contributed by atoms with van der Waals surface area (Å²) in [6, 6.07) is 4.95. The molecule has 0 saturated carbocycles. The molecule has 0 N–H and O–H groups in total. The molecule has 1 saturated heterocycles. The molecule has 0 unspecified atom stereocenters. The van der Waals surface area contributed by atoms with Gasteiger partial charge >= 0.3 is 12.1 Å². The van der Waals surface area contributed by atoms with E-state index in [9.17, 15) is 22.8 Å². The number of rotatable bonds is 7. The lowest BCUT2D eigenvalue weighted by Crippen LogP contribution is -2.55. The summed E-state index contributed by atoms with van der Waals surface area (Å²) in [6.45, 7) is 0.393. The quantitative estimate of drug-likeness (QED) is 0.166. The molecule has 1 fully saturated rings. The Kier molecular flexibility index (Phi) is 7.06. The van der Waals surface area contributed by atoms with E-state index < -0.39 is 31.3 Å². The molecule has 1 aromatic carbocycles. The van der Waals surface area contributed by atoms with E-state index in [0.717, 1.165) is 17.7 Å². The number of ether oxygens (including phenoxy) is 2. The molecule has 1 aromatic rings. The minimum atomic E-state index is -4.29. The Hall–Kier alpha value is -2.56. The van der Waals surface area contributed by atoms with Crippen molar-refractivity contribution < 1.29 is 32.2 Å². The Bertz CT molecular complexity index is 752. The number of methoxy groups -OCH3 is 1. The van der Waals surface area contributed by atoms with E-state index in [1.807, 2.05) is 0 Å². The Morgan fingerprint density at radius 2 is 2.11 bits per heavy atom. The maximum Gasteiger partial charge on any atom is 0.401 e. The van der Waals surface area contributed by atoms with E-state index in [1.165, 1.54) is 4.90 Å². The number of hydrogen-bond donors (Lipinski definition) is 0. The van der Waals surface area contributed by atoms with Crippen molar-refractivity contribution in [2.75, 3.05) is 33.3 Å². The zero-order valence-electron chi connectivity index (χ0n) is 15.4. The molecule has 0 bridgehead atoms. The molecule has 1 aliphatic heterocycles. The fourth-order valence-corrected chi connectivity index (χ4v) is 2.56. The van der Waals surface area contributed by atoms with Crippen LogP contribution in [0.25, 0.3) is 0 Å². The van der Waals surface area contributed by atoms with Crippen LogP contribution in [0.4, 0.5) is 13.2 Å². The third kappa shape index (κ3) is 6.26. The molecule has 1 heterocycles. The van der Waals surface area contributed by atoms with Crippen LogP contribution < -0.4 is 5.46 Å². The van der Waals surface area contributed by atoms with Gasteiger partial charge in [-0.3, -0.25) is 14.5 Å². The first-order chi connectivity index (χ1) is 13.1. The Labute approximate surface area is 161 Å². The van der Waals surface area contributed by atoms with Crippen molar-refractivity contribution in [2.24, 2.45) is 5.10 Å². The molecule has 7 nitrogen and oxygen atoms in total. The summed E-state index contributed by atoms with van der Waals surface area (Å²) < 4.78 is 47.6. The summed E-state index contributed by atoms with van der Waals surface area (Å²) in [4.78, 5) is 23.9. The maximum absolute atomic E-state index is 12.4. The van der Waals surface area contributed by atoms with Crippen molar-refractivity contribution >= 4 is 31.6 Å². The lowest BCUT2D eigenvalue weighted by Gasteiger charge is -2.39. The van der Waals surface area contributed by atoms with Crippen molar-refractivity contribution in [3.8, 4) is 0 Å². The number of likely N-dealkylation sites (tertiary alicyclic amines) is 1. The highest BCUT2D eigenvalue weighted by atomic mass is 19.4. The van der Waals surface area contributed by atoms with Gasteiger partial charge in [-0.1, -0.05) is 23.7 Å². The lowest BCUT2D eigenvalue weighted by molar-refractivity contribution is -0.163. The van der Waals surface area contributed by atoms with Crippen LogP contribution in [0, 0.1) is 6.92 Å². The van der Waals surface area contributed by atoms with Gasteiger partial charge in [-0.15, -0.1) is 5.10 Å². The van der Waals surface area contributed by atoms with Crippen LogP contribution in [0.2, 0.25) is 0 Å². The zero-order chi connectivity index (χ0) is 20.9. The topological polar surface area (TPSA) is 71.4 Å². The van der Waals surface area contributed by atoms with E-state index in [0.29, 0.717) is 17.4 Å². The second-order valence-electron chi connectivity index (χ2n) is 6.31. The summed E-state index contributed by atoms with van der Waals surface area (Å²) in [5.41, 5.74) is 1.60. The molecule has 0 spiro atoms. The molecular weight excluding hydrogens is 378 g/mol. The van der Waals surface area contributed by atoms with Crippen LogP contribution in [0.3, 0.4) is 0 Å². The number of amides is 1. The van der Waals surface area contributed by atoms with Gasteiger partial charge in [0, 0.05) is 18.7 Å². The number of halogens is 3. The average Bonchev–Trinajstić information content (AvgIpc) is 2.59. The van der Waals surface area contributed by atoms with Crippen molar-refractivity contribution in [3.63, 3.8) is 0 Å². The minimum absolute atomic E-state index is 0.0162. The normalized spacial score (nSPS) is 15.7. The van der Waals surface area contributed by atoms with E-state index in [4.69, 9.17) is 12.6 Å². The summed E-state index contributed by atoms with van der Waals surface area (Å²) in [5.74, 6) is -0.711. The second-order valence-corrected chi connectivity index (χ2v) is 6.31. The fourth-order valence-electron chi connectivity index (χ4n) is 2.56. The lowest BCUT2D eigenvalue weighted by atomic mass is 9.92. The summed E-state index contributed by atoms with van der Waals surface area (Å²) in [5, 5.41) is 4.83. The van der Waals surface area contributed by atoms with Crippen LogP contribution in [-0.4, -0.2) is 81.6 Å². The van der Waals surface area contributed by atoms with Gasteiger partial charge in [-0.05, 0) is 12.5 Å². The summed E-state index contributed by atoms with van der Waals surface area (Å²) in [6.07, 6.45) is -4.52. The van der Waals surface area contributed by atoms with E-state index >= 15 is 0 Å². The molecule has 28 heavy (non-hydrogen) atoms. The zero-order valence-corrected chi connectivity index (χ0v) is 15.4. The number of carbonyl (C=O) groups is 2. The van der Waals surface area contributed by atoms with Gasteiger partial charge in [-0.2, -0.15) is 13.2 Å². The first-order valence-electron chi connectivity index (χ1n) is 8.31. The number of hydrogen-bond acceptors (Lipinski definition) is 6. The average molecular weight is 397 g/mol. The molecule has 150 valence electrons. The van der Waals surface area contributed by atoms with Gasteiger partial charge in [0.05, 0.1) is 13.7 Å². The number of esters is 1. The molecule has 2 rings (SSSR count). The number of hydrazone groups is 1. The summed E-state index contributed by atoms with van der Waals surface area (Å²) >= 11 is 0. The molecule has 2 radical (unpaired) electrons. The first-order valence-corrected chi connectivity index (χ1v) is 8.31. The molecule has 0 aliphatic carbocycles. The largest absolute Gasteiger partial charge is 0.470 e. The highest BCUT2D eigenvalue weighted by Gasteiger charge is 2.38. The van der Waals surface area contributed by atoms with Crippen LogP contribution in [0.15, 0.2) is 23.3 Å². The van der Waals surface area contributed by atoms with Gasteiger partial charge in [0.25, 0.3) is 0 Å². The number of carbonyl (C=O) groups excluding carboxylic acids is 2. The maximum atomic E-state index is 12.4. The van der Waals surface area contributed by atoms with Crippen LogP contribution in [-0.2, 0) is 19.1 Å². The number of aryl methyl sites for hydroxylation is 1. The van der Waals surface area contributed by atoms with Gasteiger partial charge in [-0.25, -0.2) is 5.01 Å². The third-order valence-corrected chi connectivity index (χ3v) is 3.96. The van der Waals surface area contributed by atoms with Crippen molar-refractivity contribution in [2.45, 2.75) is 19.2 Å². The predicted molar refractivity (Wildman–Crippen MR) is 95.3 cm³/mol. The van der Waals surface area contributed by atoms with Crippen LogP contribution in [0.1, 0.15) is 11.1 Å². The number of nitrogens with zero attached hydrogens (tertiary/aromatic N) is 3. The molecule has 1 aliphatic rings. The number of alkyl halides is 3. The highest BCUT2D eigenvalue weighted by Crippen LogP contribution is 2.22. The second kappa shape index (κ2) is 9.09. The van der Waals surface area contributed by atoms with Crippen LogP contribution in [0.5, 0.6) is 0 Å². The van der Waals surface area contributed by atoms with Gasteiger partial charge in [0.15, 0.2) is 0 Å². The SMILES string of the molecule is [B]c1ccc(C)c(/C(=N\N(C=O)CC(=O)OC)OC2CN(CC(F)(F)F)C2)c1. The van der Waals surface area contributed by atoms with Crippen molar-refractivity contribution in [1.82, 2.24) is 9.91 Å².